The molecule has 1 fully saturated rings. The second-order valence-electron chi connectivity index (χ2n) is 6.89. The molecule has 1 saturated heterocycles. The Morgan fingerprint density at radius 1 is 1.10 bits per heavy atom. The molecule has 0 aliphatic carbocycles. The van der Waals surface area contributed by atoms with Crippen LogP contribution in [0.5, 0.6) is 5.75 Å². The Bertz CT molecular complexity index is 923. The maximum Gasteiger partial charge on any atom is 0.321 e. The van der Waals surface area contributed by atoms with Gasteiger partial charge in [-0.3, -0.25) is 4.90 Å². The minimum Gasteiger partial charge on any atom is -0.497 e. The highest BCUT2D eigenvalue weighted by molar-refractivity contribution is 6.30. The van der Waals surface area contributed by atoms with Crippen molar-refractivity contribution < 1.29 is 9.26 Å². The van der Waals surface area contributed by atoms with Gasteiger partial charge in [0.05, 0.1) is 7.11 Å². The van der Waals surface area contributed by atoms with Crippen molar-refractivity contribution in [2.24, 2.45) is 0 Å². The molecule has 2 heterocycles. The molecule has 0 atom stereocenters. The van der Waals surface area contributed by atoms with E-state index in [2.05, 4.69) is 31.3 Å². The molecule has 8 heteroatoms. The van der Waals surface area contributed by atoms with Gasteiger partial charge in [-0.2, -0.15) is 4.98 Å². The predicted octanol–water partition coefficient (Wildman–Crippen LogP) is 3.63. The monoisotopic (exact) mass is 413 g/mol. The van der Waals surface area contributed by atoms with E-state index in [1.54, 1.807) is 7.11 Å². The van der Waals surface area contributed by atoms with Crippen molar-refractivity contribution in [3.63, 3.8) is 0 Å². The first-order chi connectivity index (χ1) is 14.2. The van der Waals surface area contributed by atoms with Crippen LogP contribution in [0.2, 0.25) is 5.02 Å². The summed E-state index contributed by atoms with van der Waals surface area (Å²) in [5.74, 6) is 1.36. The zero-order valence-electron chi connectivity index (χ0n) is 16.3. The average Bonchev–Trinajstić information content (AvgIpc) is 3.23. The molecule has 152 valence electrons. The lowest BCUT2D eigenvalue weighted by atomic mass is 10.2. The largest absolute Gasteiger partial charge is 0.497 e. The second kappa shape index (κ2) is 9.15. The van der Waals surface area contributed by atoms with Crippen molar-refractivity contribution in [2.75, 3.05) is 56.6 Å². The SMILES string of the molecule is COc1ccc(-c2noc(NCCN3CCN(c4cccc(Cl)c4)CC3)n2)cc1. The van der Waals surface area contributed by atoms with E-state index in [1.165, 1.54) is 5.69 Å². The van der Waals surface area contributed by atoms with Crippen molar-refractivity contribution in [2.45, 2.75) is 0 Å². The third-order valence-corrected chi connectivity index (χ3v) is 5.26. The highest BCUT2D eigenvalue weighted by Crippen LogP contribution is 2.22. The predicted molar refractivity (Wildman–Crippen MR) is 115 cm³/mol. The summed E-state index contributed by atoms with van der Waals surface area (Å²) in [6.45, 7) is 5.67. The number of ether oxygens (including phenoxy) is 1. The van der Waals surface area contributed by atoms with Crippen molar-refractivity contribution in [1.29, 1.82) is 0 Å². The zero-order chi connectivity index (χ0) is 20.1. The fraction of sp³-hybridized carbons (Fsp3) is 0.333. The molecular formula is C21H24ClN5O2. The lowest BCUT2D eigenvalue weighted by Gasteiger charge is -2.36. The third-order valence-electron chi connectivity index (χ3n) is 5.02. The number of rotatable bonds is 7. The van der Waals surface area contributed by atoms with Gasteiger partial charge in [0.2, 0.25) is 5.82 Å². The van der Waals surface area contributed by atoms with E-state index in [-0.39, 0.29) is 0 Å². The van der Waals surface area contributed by atoms with Gasteiger partial charge in [0.15, 0.2) is 0 Å². The molecule has 0 amide bonds. The van der Waals surface area contributed by atoms with Gasteiger partial charge in [0.1, 0.15) is 5.75 Å². The van der Waals surface area contributed by atoms with Crippen LogP contribution in [0.4, 0.5) is 11.7 Å². The molecule has 0 radical (unpaired) electrons. The quantitative estimate of drug-likeness (QED) is 0.634. The number of nitrogens with zero attached hydrogens (tertiary/aromatic N) is 4. The number of halogens is 1. The van der Waals surface area contributed by atoms with Crippen LogP contribution >= 0.6 is 11.6 Å². The van der Waals surface area contributed by atoms with E-state index in [0.29, 0.717) is 11.8 Å². The average molecular weight is 414 g/mol. The summed E-state index contributed by atoms with van der Waals surface area (Å²) in [6.07, 6.45) is 0. The van der Waals surface area contributed by atoms with E-state index in [4.69, 9.17) is 20.9 Å². The number of aromatic nitrogens is 2. The molecule has 2 aromatic carbocycles. The molecule has 29 heavy (non-hydrogen) atoms. The van der Waals surface area contributed by atoms with Gasteiger partial charge in [-0.15, -0.1) is 0 Å². The zero-order valence-corrected chi connectivity index (χ0v) is 17.1. The molecule has 4 rings (SSSR count). The molecule has 0 unspecified atom stereocenters. The first-order valence-corrected chi connectivity index (χ1v) is 10.0. The Labute approximate surface area is 175 Å². The van der Waals surface area contributed by atoms with Gasteiger partial charge < -0.3 is 19.5 Å². The minimum atomic E-state index is 0.438. The molecule has 7 nitrogen and oxygen atoms in total. The first kappa shape index (κ1) is 19.5. The fourth-order valence-corrected chi connectivity index (χ4v) is 3.56. The highest BCUT2D eigenvalue weighted by Gasteiger charge is 2.17. The van der Waals surface area contributed by atoms with Crippen LogP contribution in [0.3, 0.4) is 0 Å². The van der Waals surface area contributed by atoms with Crippen molar-refractivity contribution in [1.82, 2.24) is 15.0 Å². The molecule has 3 aromatic rings. The van der Waals surface area contributed by atoms with Crippen LogP contribution in [0.1, 0.15) is 0 Å². The second-order valence-corrected chi connectivity index (χ2v) is 7.32. The molecule has 0 spiro atoms. The highest BCUT2D eigenvalue weighted by atomic mass is 35.5. The number of piperazine rings is 1. The molecule has 0 bridgehead atoms. The summed E-state index contributed by atoms with van der Waals surface area (Å²) >= 11 is 6.10. The van der Waals surface area contributed by atoms with Gasteiger partial charge in [-0.1, -0.05) is 22.8 Å². The number of hydrogen-bond acceptors (Lipinski definition) is 7. The van der Waals surface area contributed by atoms with E-state index >= 15 is 0 Å². The van der Waals surface area contributed by atoms with Crippen molar-refractivity contribution >= 4 is 23.3 Å². The van der Waals surface area contributed by atoms with Crippen molar-refractivity contribution in [3.05, 3.63) is 53.6 Å². The van der Waals surface area contributed by atoms with E-state index in [9.17, 15) is 0 Å². The summed E-state index contributed by atoms with van der Waals surface area (Å²) in [5, 5.41) is 8.04. The standard InChI is InChI=1S/C21H24ClN5O2/c1-28-19-7-5-16(6-8-19)20-24-21(29-25-20)23-9-10-26-11-13-27(14-12-26)18-4-2-3-17(22)15-18/h2-8,15H,9-14H2,1H3,(H,23,24,25). The Morgan fingerprint density at radius 2 is 1.90 bits per heavy atom. The van der Waals surface area contributed by atoms with Gasteiger partial charge in [-0.25, -0.2) is 0 Å². The molecular weight excluding hydrogens is 390 g/mol. The maximum atomic E-state index is 6.10. The number of methoxy groups -OCH3 is 1. The molecule has 1 N–H and O–H groups in total. The third kappa shape index (κ3) is 4.99. The van der Waals surface area contributed by atoms with Crippen LogP contribution in [0.25, 0.3) is 11.4 Å². The molecule has 1 aliphatic rings. The molecule has 1 aromatic heterocycles. The van der Waals surface area contributed by atoms with Crippen LogP contribution < -0.4 is 15.0 Å². The summed E-state index contributed by atoms with van der Waals surface area (Å²) in [7, 11) is 1.64. The Kier molecular flexibility index (Phi) is 6.17. The van der Waals surface area contributed by atoms with E-state index < -0.39 is 0 Å². The van der Waals surface area contributed by atoms with Crippen LogP contribution in [0, 0.1) is 0 Å². The Morgan fingerprint density at radius 3 is 2.62 bits per heavy atom. The topological polar surface area (TPSA) is 66.7 Å². The van der Waals surface area contributed by atoms with Crippen LogP contribution in [-0.2, 0) is 0 Å². The smallest absolute Gasteiger partial charge is 0.321 e. The van der Waals surface area contributed by atoms with Gasteiger partial charge >= 0.3 is 6.01 Å². The Balaban J connectivity index is 1.22. The van der Waals surface area contributed by atoms with Gasteiger partial charge in [0, 0.05) is 55.5 Å². The normalized spacial score (nSPS) is 14.8. The van der Waals surface area contributed by atoms with Gasteiger partial charge in [0.25, 0.3) is 0 Å². The summed E-state index contributed by atoms with van der Waals surface area (Å²) in [4.78, 5) is 9.21. The number of nitrogens with one attached hydrogen (secondary N) is 1. The van der Waals surface area contributed by atoms with Gasteiger partial charge in [-0.05, 0) is 42.5 Å². The van der Waals surface area contributed by atoms with E-state index in [1.807, 2.05) is 42.5 Å². The number of benzene rings is 2. The molecule has 0 saturated carbocycles. The van der Waals surface area contributed by atoms with E-state index in [0.717, 1.165) is 55.6 Å². The molecule has 1 aliphatic heterocycles. The summed E-state index contributed by atoms with van der Waals surface area (Å²) in [6, 6.07) is 16.0. The van der Waals surface area contributed by atoms with Crippen LogP contribution in [0.15, 0.2) is 53.1 Å². The lowest BCUT2D eigenvalue weighted by Crippen LogP contribution is -2.47. The lowest BCUT2D eigenvalue weighted by molar-refractivity contribution is 0.266. The fourth-order valence-electron chi connectivity index (χ4n) is 3.38. The number of hydrogen-bond donors (Lipinski definition) is 1. The first-order valence-electron chi connectivity index (χ1n) is 9.66. The number of anilines is 2. The Hall–Kier alpha value is -2.77. The maximum absolute atomic E-state index is 6.10. The van der Waals surface area contributed by atoms with Crippen molar-refractivity contribution in [3.8, 4) is 17.1 Å². The summed E-state index contributed by atoms with van der Waals surface area (Å²) < 4.78 is 10.5. The van der Waals surface area contributed by atoms with Crippen LogP contribution in [-0.4, -0.2) is 61.4 Å². The minimum absolute atomic E-state index is 0.438. The summed E-state index contributed by atoms with van der Waals surface area (Å²) in [5.41, 5.74) is 2.08.